The van der Waals surface area contributed by atoms with Crippen LogP contribution in [0.4, 0.5) is 0 Å². The van der Waals surface area contributed by atoms with E-state index in [-0.39, 0.29) is 22.4 Å². The monoisotopic (exact) mass is 1340 g/mol. The zero-order chi connectivity index (χ0) is 66.8. The van der Waals surface area contributed by atoms with Crippen LogP contribution in [-0.2, 0) is 45.2 Å². The van der Waals surface area contributed by atoms with Crippen LogP contribution in [0.1, 0.15) is 178 Å². The highest BCUT2D eigenvalue weighted by Gasteiger charge is 2.49. The molecule has 100 heavy (non-hydrogen) atoms. The number of nitrogens with zero attached hydrogens (tertiary/aromatic N) is 7. The largest absolute Gasteiger partial charge is 0.487 e. The van der Waals surface area contributed by atoms with Crippen molar-refractivity contribution in [2.24, 2.45) is 0 Å². The summed E-state index contributed by atoms with van der Waals surface area (Å²) in [6.07, 6.45) is 37.3. The molecule has 11 nitrogen and oxygen atoms in total. The average Bonchev–Trinajstić information content (AvgIpc) is 1.64. The van der Waals surface area contributed by atoms with Crippen LogP contribution in [0.15, 0.2) is 152 Å². The van der Waals surface area contributed by atoms with Gasteiger partial charge in [0.25, 0.3) is 0 Å². The number of ether oxygens (including phenoxy) is 4. The maximum absolute atomic E-state index is 6.67. The van der Waals surface area contributed by atoms with Crippen LogP contribution in [0.2, 0.25) is 0 Å². The number of aryl methyl sites for hydroxylation is 2. The summed E-state index contributed by atoms with van der Waals surface area (Å²) in [5.41, 5.74) is 19.2. The van der Waals surface area contributed by atoms with Crippen molar-refractivity contribution in [1.82, 2.24) is 33.9 Å². The van der Waals surface area contributed by atoms with E-state index in [0.29, 0.717) is 0 Å². The standard InChI is InChI=1S/C26H32N2O.C23H25N3O.C23H27NO.C17H23NO/c1-2-6-22-19-27(14-10-21(22)5-1)18-20-8-9-25-23(15-20)16-26(29-25)11-4-13-28-12-3-7-24(28)17-26;1-3-20-15-23(8-2-11-25(20)10-1)14-19-13-17(4-6-21(19)27-23)18-5-7-22-24-9-12-26(22)16-18;1-17-5-7-18(8-6-17)19-9-10-22-20(14-19)15-23(25-22)11-3-13-24-12-2-4-21(24)16-23;1-13-5-6-16-14(10-13)11-17(19-16)7-3-9-18-8-2-4-15(18)12-17/h1-2,5-6,8-9,15,24H,3-4,7,10-14,16-19H2;4-7,9,12-13,16,20H,1-3,8,10-11,14-15H2;5-10,14,21H,2-4,11-13,15-16H2,1H3;5-6,10,15H,2-4,7-9,11-12H2,1H3. The first-order valence-corrected chi connectivity index (χ1v) is 39.5. The summed E-state index contributed by atoms with van der Waals surface area (Å²) in [4.78, 5) is 17.8. The molecule has 8 fully saturated rings. The van der Waals surface area contributed by atoms with E-state index in [1.165, 1.54) is 260 Å². The van der Waals surface area contributed by atoms with E-state index in [1.807, 2.05) is 12.4 Å². The van der Waals surface area contributed by atoms with Crippen molar-refractivity contribution in [1.29, 1.82) is 0 Å². The zero-order valence-corrected chi connectivity index (χ0v) is 60.0. The second-order valence-electron chi connectivity index (χ2n) is 33.3. The van der Waals surface area contributed by atoms with Crippen LogP contribution < -0.4 is 18.9 Å². The van der Waals surface area contributed by atoms with Crippen molar-refractivity contribution in [3.05, 3.63) is 202 Å². The second kappa shape index (κ2) is 27.3. The van der Waals surface area contributed by atoms with E-state index in [2.05, 4.69) is 187 Å². The van der Waals surface area contributed by atoms with E-state index in [0.717, 1.165) is 98.1 Å². The van der Waals surface area contributed by atoms with Gasteiger partial charge < -0.3 is 42.9 Å². The molecule has 6 aromatic carbocycles. The summed E-state index contributed by atoms with van der Waals surface area (Å²) in [6, 6.07) is 52.2. The van der Waals surface area contributed by atoms with Gasteiger partial charge in [-0.15, -0.1) is 0 Å². The summed E-state index contributed by atoms with van der Waals surface area (Å²) < 4.78 is 28.4. The minimum Gasteiger partial charge on any atom is -0.487 e. The summed E-state index contributed by atoms with van der Waals surface area (Å²) in [7, 11) is 0. The zero-order valence-electron chi connectivity index (χ0n) is 60.0. The third-order valence-corrected chi connectivity index (χ3v) is 26.3. The molecule has 15 heterocycles. The lowest BCUT2D eigenvalue weighted by Gasteiger charge is -2.30. The molecule has 13 aliphatic heterocycles. The molecule has 8 unspecified atom stereocenters. The quantitative estimate of drug-likeness (QED) is 0.170. The Morgan fingerprint density at radius 1 is 0.390 bits per heavy atom. The fourth-order valence-corrected chi connectivity index (χ4v) is 21.4. The predicted molar refractivity (Wildman–Crippen MR) is 401 cm³/mol. The first-order chi connectivity index (χ1) is 49.0. The lowest BCUT2D eigenvalue weighted by Crippen LogP contribution is -2.39. The normalized spacial score (nSPS) is 29.4. The molecule has 0 aliphatic carbocycles. The number of pyridine rings is 1. The molecule has 0 radical (unpaired) electrons. The molecule has 0 bridgehead atoms. The third kappa shape index (κ3) is 13.5. The van der Waals surface area contributed by atoms with E-state index < -0.39 is 0 Å². The summed E-state index contributed by atoms with van der Waals surface area (Å²) in [5, 5.41) is 0. The van der Waals surface area contributed by atoms with Crippen LogP contribution in [0.5, 0.6) is 23.0 Å². The number of hydrogen-bond donors (Lipinski definition) is 0. The van der Waals surface area contributed by atoms with E-state index in [9.17, 15) is 0 Å². The van der Waals surface area contributed by atoms with E-state index >= 15 is 0 Å². The van der Waals surface area contributed by atoms with Crippen molar-refractivity contribution in [2.45, 2.75) is 234 Å². The number of aromatic nitrogens is 2. The molecule has 522 valence electrons. The number of hydrogen-bond acceptors (Lipinski definition) is 10. The van der Waals surface area contributed by atoms with Gasteiger partial charge in [-0.1, -0.05) is 96.1 Å². The molecule has 0 saturated carbocycles. The minimum atomic E-state index is 0.0268. The smallest absolute Gasteiger partial charge is 0.136 e. The van der Waals surface area contributed by atoms with Crippen LogP contribution in [0, 0.1) is 13.8 Å². The van der Waals surface area contributed by atoms with Gasteiger partial charge in [0.2, 0.25) is 0 Å². The molecule has 8 atom stereocenters. The molecule has 0 amide bonds. The molecular formula is C89H107N7O4. The van der Waals surface area contributed by atoms with E-state index in [4.69, 9.17) is 18.9 Å². The Morgan fingerprint density at radius 3 is 1.33 bits per heavy atom. The van der Waals surface area contributed by atoms with Gasteiger partial charge in [-0.2, -0.15) is 0 Å². The van der Waals surface area contributed by atoms with Gasteiger partial charge in [0, 0.05) is 114 Å². The van der Waals surface area contributed by atoms with Crippen molar-refractivity contribution >= 4 is 5.65 Å². The molecule has 0 N–H and O–H groups in total. The van der Waals surface area contributed by atoms with Crippen molar-refractivity contribution in [2.75, 3.05) is 58.9 Å². The Kier molecular flexibility index (Phi) is 17.8. The highest BCUT2D eigenvalue weighted by atomic mass is 16.5. The Hall–Kier alpha value is -6.99. The van der Waals surface area contributed by atoms with Gasteiger partial charge in [-0.3, -0.25) is 4.90 Å². The summed E-state index contributed by atoms with van der Waals surface area (Å²) in [6.45, 7) is 17.9. The average molecular weight is 1340 g/mol. The molecule has 4 spiro atoms. The lowest BCUT2D eigenvalue weighted by molar-refractivity contribution is 0.0646. The predicted octanol–water partition coefficient (Wildman–Crippen LogP) is 17.2. The molecule has 2 aromatic heterocycles. The Morgan fingerprint density at radius 2 is 0.810 bits per heavy atom. The molecule has 8 saturated heterocycles. The fraction of sp³-hybridized carbons (Fsp3) is 0.517. The van der Waals surface area contributed by atoms with E-state index in [1.54, 1.807) is 0 Å². The van der Waals surface area contributed by atoms with Gasteiger partial charge in [0.15, 0.2) is 0 Å². The second-order valence-corrected chi connectivity index (χ2v) is 33.3. The molecule has 8 aromatic rings. The Labute approximate surface area is 595 Å². The van der Waals surface area contributed by atoms with Crippen LogP contribution in [0.25, 0.3) is 27.9 Å². The van der Waals surface area contributed by atoms with Gasteiger partial charge in [0.05, 0.1) is 0 Å². The maximum Gasteiger partial charge on any atom is 0.136 e. The lowest BCUT2D eigenvalue weighted by atomic mass is 9.86. The first-order valence-electron chi connectivity index (χ1n) is 39.5. The first kappa shape index (κ1) is 65.1. The van der Waals surface area contributed by atoms with Crippen LogP contribution >= 0.6 is 0 Å². The summed E-state index contributed by atoms with van der Waals surface area (Å²) >= 11 is 0. The summed E-state index contributed by atoms with van der Waals surface area (Å²) in [5.74, 6) is 4.54. The topological polar surface area (TPSA) is 70.4 Å². The number of fused-ring (bicyclic) bond motifs is 10. The van der Waals surface area contributed by atoms with Crippen LogP contribution in [0.3, 0.4) is 0 Å². The SMILES string of the molecule is Cc1ccc(-c2ccc3c(c2)CC2(CCCN4CCCC4C2)O3)cc1.Cc1ccc2c(c1)CC1(CCCN3CCCC3C1)O2.c1ccc2c(c1)CCN(Cc1ccc3c(c1)CC1(CCCN4CCCC4C1)O3)C2.c1cn2cc(-c3ccc4c(c3)CC3(CCCN5CCCC5C3)O4)ccc2n1. The Bertz CT molecular complexity index is 4260. The Balaban J connectivity index is 0.0000000970. The highest BCUT2D eigenvalue weighted by molar-refractivity contribution is 5.68. The van der Waals surface area contributed by atoms with Crippen molar-refractivity contribution in [3.8, 4) is 45.3 Å². The number of rotatable bonds is 4. The van der Waals surface area contributed by atoms with Gasteiger partial charge in [0.1, 0.15) is 51.0 Å². The molecule has 13 aliphatic rings. The number of benzene rings is 6. The number of imidazole rings is 1. The minimum absolute atomic E-state index is 0.0268. The van der Waals surface area contributed by atoms with Crippen molar-refractivity contribution in [3.63, 3.8) is 0 Å². The maximum atomic E-state index is 6.67. The molecule has 21 rings (SSSR count). The molecular weight excluding hydrogens is 1230 g/mol. The van der Waals surface area contributed by atoms with Gasteiger partial charge >= 0.3 is 0 Å². The highest BCUT2D eigenvalue weighted by Crippen LogP contribution is 2.50. The fourth-order valence-electron chi connectivity index (χ4n) is 21.4. The molecule has 11 heteroatoms. The van der Waals surface area contributed by atoms with Crippen LogP contribution in [-0.4, -0.2) is 139 Å². The third-order valence-electron chi connectivity index (χ3n) is 26.3. The van der Waals surface area contributed by atoms with Gasteiger partial charge in [-0.25, -0.2) is 4.98 Å². The van der Waals surface area contributed by atoms with Crippen molar-refractivity contribution < 1.29 is 18.9 Å². The van der Waals surface area contributed by atoms with Gasteiger partial charge in [-0.05, 0) is 285 Å².